The van der Waals surface area contributed by atoms with Crippen LogP contribution in [0.2, 0.25) is 0 Å². The van der Waals surface area contributed by atoms with Crippen molar-refractivity contribution in [2.45, 2.75) is 25.7 Å². The van der Waals surface area contributed by atoms with E-state index in [-0.39, 0.29) is 5.41 Å². The fourth-order valence-corrected chi connectivity index (χ4v) is 6.85. The minimum absolute atomic E-state index is 0.0509. The van der Waals surface area contributed by atoms with E-state index < -0.39 is 0 Å². The van der Waals surface area contributed by atoms with Crippen LogP contribution in [0.25, 0.3) is 42.4 Å². The molecule has 0 atom stereocenters. The Morgan fingerprint density at radius 3 is 2.38 bits per heavy atom. The molecule has 138 valence electrons. The normalized spacial score (nSPS) is 15.4. The zero-order valence-corrected chi connectivity index (χ0v) is 17.4. The average Bonchev–Trinajstić information content (AvgIpc) is 3.35. The van der Waals surface area contributed by atoms with Crippen LogP contribution in [0.3, 0.4) is 0 Å². The Balaban J connectivity index is 1.58. The van der Waals surface area contributed by atoms with E-state index in [0.29, 0.717) is 0 Å². The van der Waals surface area contributed by atoms with E-state index in [1.165, 1.54) is 64.7 Å². The topological polar surface area (TPSA) is 0 Å². The lowest BCUT2D eigenvalue weighted by atomic mass is 9.82. The number of hydrogen-bond donors (Lipinski definition) is 0. The molecule has 2 aliphatic rings. The molecule has 0 saturated heterocycles. The first-order valence-corrected chi connectivity index (χ1v) is 11.2. The van der Waals surface area contributed by atoms with Gasteiger partial charge in [-0.3, -0.25) is 0 Å². The average molecular weight is 389 g/mol. The molecule has 0 saturated carbocycles. The highest BCUT2D eigenvalue weighted by atomic mass is 32.1. The quantitative estimate of drug-likeness (QED) is 0.248. The number of hydrogen-bond acceptors (Lipinski definition) is 1. The van der Waals surface area contributed by atoms with Crippen molar-refractivity contribution in [2.24, 2.45) is 0 Å². The van der Waals surface area contributed by atoms with Crippen LogP contribution in [0.15, 0.2) is 72.8 Å². The number of thiophene rings is 1. The van der Waals surface area contributed by atoms with E-state index in [9.17, 15) is 0 Å². The van der Waals surface area contributed by atoms with Gasteiger partial charge in [0.15, 0.2) is 0 Å². The van der Waals surface area contributed by atoms with Gasteiger partial charge in [-0.15, -0.1) is 11.3 Å². The Morgan fingerprint density at radius 1 is 0.690 bits per heavy atom. The molecule has 0 N–H and O–H groups in total. The summed E-state index contributed by atoms with van der Waals surface area (Å²) in [6.45, 7) is 4.75. The lowest BCUT2D eigenvalue weighted by Crippen LogP contribution is -2.14. The molecule has 2 aliphatic carbocycles. The van der Waals surface area contributed by atoms with Gasteiger partial charge in [0.2, 0.25) is 0 Å². The molecule has 1 heterocycles. The van der Waals surface area contributed by atoms with Crippen molar-refractivity contribution in [3.8, 4) is 22.3 Å². The summed E-state index contributed by atoms with van der Waals surface area (Å²) >= 11 is 1.95. The van der Waals surface area contributed by atoms with Crippen molar-refractivity contribution >= 4 is 31.5 Å². The third kappa shape index (κ3) is 1.89. The Bertz CT molecular complexity index is 1500. The van der Waals surface area contributed by atoms with Gasteiger partial charge in [0.05, 0.1) is 0 Å². The van der Waals surface area contributed by atoms with Gasteiger partial charge < -0.3 is 0 Å². The Morgan fingerprint density at radius 2 is 1.48 bits per heavy atom. The van der Waals surface area contributed by atoms with Crippen LogP contribution >= 0.6 is 11.3 Å². The SMILES string of the molecule is CC1(C)c2ccccc2-c2cc3sc4ccc5c(c4c3cc21)Cc1ccccc1-5. The van der Waals surface area contributed by atoms with Crippen LogP contribution in [-0.2, 0) is 11.8 Å². The summed E-state index contributed by atoms with van der Waals surface area (Å²) in [6.07, 6.45) is 1.05. The van der Waals surface area contributed by atoms with E-state index >= 15 is 0 Å². The highest BCUT2D eigenvalue weighted by molar-refractivity contribution is 7.25. The highest BCUT2D eigenvalue weighted by Crippen LogP contribution is 2.52. The summed E-state index contributed by atoms with van der Waals surface area (Å²) in [5, 5.41) is 2.92. The predicted molar refractivity (Wildman–Crippen MR) is 125 cm³/mol. The van der Waals surface area contributed by atoms with Gasteiger partial charge in [-0.1, -0.05) is 68.4 Å². The zero-order valence-electron chi connectivity index (χ0n) is 16.5. The Hall–Kier alpha value is -2.90. The van der Waals surface area contributed by atoms with E-state index in [0.717, 1.165) is 6.42 Å². The van der Waals surface area contributed by atoms with Gasteiger partial charge in [-0.2, -0.15) is 0 Å². The zero-order chi connectivity index (χ0) is 19.3. The summed E-state index contributed by atoms with van der Waals surface area (Å²) in [4.78, 5) is 0. The van der Waals surface area contributed by atoms with E-state index in [2.05, 4.69) is 86.6 Å². The second-order valence-corrected chi connectivity index (χ2v) is 10.0. The second-order valence-electron chi connectivity index (χ2n) is 8.97. The molecule has 0 spiro atoms. The molecule has 4 aromatic carbocycles. The molecule has 29 heavy (non-hydrogen) atoms. The molecule has 0 nitrogen and oxygen atoms in total. The van der Waals surface area contributed by atoms with Crippen molar-refractivity contribution < 1.29 is 0 Å². The van der Waals surface area contributed by atoms with Gasteiger partial charge >= 0.3 is 0 Å². The van der Waals surface area contributed by atoms with Crippen molar-refractivity contribution in [3.63, 3.8) is 0 Å². The van der Waals surface area contributed by atoms with Crippen molar-refractivity contribution in [2.75, 3.05) is 0 Å². The van der Waals surface area contributed by atoms with Crippen LogP contribution in [0, 0.1) is 0 Å². The van der Waals surface area contributed by atoms with Gasteiger partial charge in [0.25, 0.3) is 0 Å². The maximum atomic E-state index is 2.51. The molecule has 0 aliphatic heterocycles. The smallest absolute Gasteiger partial charge is 0.0361 e. The molecule has 0 unspecified atom stereocenters. The lowest BCUT2D eigenvalue weighted by molar-refractivity contribution is 0.661. The second kappa shape index (κ2) is 5.17. The van der Waals surface area contributed by atoms with Crippen LogP contribution in [-0.4, -0.2) is 0 Å². The lowest BCUT2D eigenvalue weighted by Gasteiger charge is -2.21. The summed E-state index contributed by atoms with van der Waals surface area (Å²) in [5.41, 5.74) is 11.6. The van der Waals surface area contributed by atoms with E-state index in [1.807, 2.05) is 11.3 Å². The van der Waals surface area contributed by atoms with Crippen LogP contribution < -0.4 is 0 Å². The third-order valence-electron chi connectivity index (χ3n) is 7.12. The monoisotopic (exact) mass is 388 g/mol. The summed E-state index contributed by atoms with van der Waals surface area (Å²) in [7, 11) is 0. The number of benzene rings is 4. The molecule has 7 rings (SSSR count). The first-order valence-electron chi connectivity index (χ1n) is 10.3. The first-order chi connectivity index (χ1) is 14.1. The first kappa shape index (κ1) is 16.0. The highest BCUT2D eigenvalue weighted by Gasteiger charge is 2.36. The van der Waals surface area contributed by atoms with Crippen LogP contribution in [0.4, 0.5) is 0 Å². The molecule has 0 bridgehead atoms. The van der Waals surface area contributed by atoms with E-state index in [4.69, 9.17) is 0 Å². The van der Waals surface area contributed by atoms with Crippen LogP contribution in [0.5, 0.6) is 0 Å². The van der Waals surface area contributed by atoms with Crippen molar-refractivity contribution in [1.29, 1.82) is 0 Å². The van der Waals surface area contributed by atoms with Crippen molar-refractivity contribution in [3.05, 3.63) is 95.1 Å². The third-order valence-corrected chi connectivity index (χ3v) is 8.24. The summed E-state index contributed by atoms with van der Waals surface area (Å²) < 4.78 is 2.83. The molecule has 0 amide bonds. The molecule has 0 radical (unpaired) electrons. The fraction of sp³-hybridized carbons (Fsp3) is 0.143. The number of rotatable bonds is 0. The summed E-state index contributed by atoms with van der Waals surface area (Å²) in [6, 6.07) is 27.5. The van der Waals surface area contributed by atoms with E-state index in [1.54, 1.807) is 0 Å². The Labute approximate surface area is 174 Å². The van der Waals surface area contributed by atoms with Gasteiger partial charge in [0.1, 0.15) is 0 Å². The molecule has 5 aromatic rings. The largest absolute Gasteiger partial charge is 0.135 e. The maximum absolute atomic E-state index is 2.51. The minimum Gasteiger partial charge on any atom is -0.135 e. The standard InChI is InChI=1S/C28H20S/c1-28(2)23-10-6-5-9-19(23)20-15-26-22(14-24(20)28)27-21-13-16-7-3-4-8-17(16)18(21)11-12-25(27)29-26/h3-12,14-15H,13H2,1-2H3. The predicted octanol–water partition coefficient (Wildman–Crippen LogP) is 7.93. The summed E-state index contributed by atoms with van der Waals surface area (Å²) in [5.74, 6) is 0. The van der Waals surface area contributed by atoms with Crippen LogP contribution in [0.1, 0.15) is 36.1 Å². The Kier molecular flexibility index (Phi) is 2.85. The molecule has 1 heteroatoms. The van der Waals surface area contributed by atoms with Gasteiger partial charge in [-0.05, 0) is 69.1 Å². The van der Waals surface area contributed by atoms with Gasteiger partial charge in [-0.25, -0.2) is 0 Å². The number of fused-ring (bicyclic) bond motifs is 10. The van der Waals surface area contributed by atoms with Gasteiger partial charge in [0, 0.05) is 25.6 Å². The molecular formula is C28H20S. The molecule has 0 fully saturated rings. The molecule has 1 aromatic heterocycles. The fourth-order valence-electron chi connectivity index (χ4n) is 5.70. The minimum atomic E-state index is 0.0509. The maximum Gasteiger partial charge on any atom is 0.0361 e. The molecular weight excluding hydrogens is 368 g/mol. The van der Waals surface area contributed by atoms with Crippen molar-refractivity contribution in [1.82, 2.24) is 0 Å².